The van der Waals surface area contributed by atoms with Crippen molar-refractivity contribution in [3.63, 3.8) is 0 Å². The Morgan fingerprint density at radius 2 is 2.05 bits per heavy atom. The Balaban J connectivity index is 1.81. The quantitative estimate of drug-likeness (QED) is 0.907. The number of rotatable bonds is 4. The normalized spacial score (nSPS) is 20.9. The maximum Gasteiger partial charge on any atom is 0.0451 e. The van der Waals surface area contributed by atoms with Gasteiger partial charge in [0.05, 0.1) is 0 Å². The summed E-state index contributed by atoms with van der Waals surface area (Å²) >= 11 is 6.22. The number of nitrogens with zero attached hydrogens (tertiary/aromatic N) is 1. The molecule has 0 aliphatic carbocycles. The minimum Gasteiger partial charge on any atom is -0.312 e. The zero-order valence-electron chi connectivity index (χ0n) is 12.2. The Morgan fingerprint density at radius 3 is 2.74 bits per heavy atom. The second-order valence-corrected chi connectivity index (χ2v) is 7.02. The number of hydrogen-bond acceptors (Lipinski definition) is 2. The fourth-order valence-corrected chi connectivity index (χ4v) is 2.74. The molecule has 106 valence electrons. The molecule has 0 aromatic heterocycles. The number of hydrogen-bond donors (Lipinski definition) is 1. The van der Waals surface area contributed by atoms with Gasteiger partial charge < -0.3 is 5.32 Å². The SMILES string of the molecule is CC(C)(C)NCC1CCN(Cc2ccccc2Cl)C1. The van der Waals surface area contributed by atoms with Crippen LogP contribution in [-0.2, 0) is 6.54 Å². The van der Waals surface area contributed by atoms with Crippen LogP contribution in [0, 0.1) is 5.92 Å². The first-order valence-corrected chi connectivity index (χ1v) is 7.52. The second kappa shape index (κ2) is 6.25. The molecule has 0 radical (unpaired) electrons. The van der Waals surface area contributed by atoms with Crippen molar-refractivity contribution >= 4 is 11.6 Å². The predicted molar refractivity (Wildman–Crippen MR) is 82.6 cm³/mol. The molecule has 1 aromatic carbocycles. The lowest BCUT2D eigenvalue weighted by Crippen LogP contribution is -2.39. The van der Waals surface area contributed by atoms with Gasteiger partial charge in [-0.15, -0.1) is 0 Å². The summed E-state index contributed by atoms with van der Waals surface area (Å²) in [7, 11) is 0. The first-order chi connectivity index (χ1) is 8.94. The van der Waals surface area contributed by atoms with Gasteiger partial charge in [-0.05, 0) is 57.8 Å². The zero-order chi connectivity index (χ0) is 13.9. The molecule has 1 aliphatic heterocycles. The van der Waals surface area contributed by atoms with Crippen LogP contribution in [0.4, 0.5) is 0 Å². The molecule has 1 aliphatic rings. The molecule has 1 atom stereocenters. The maximum atomic E-state index is 6.22. The van der Waals surface area contributed by atoms with E-state index in [2.05, 4.69) is 43.1 Å². The van der Waals surface area contributed by atoms with Crippen molar-refractivity contribution in [2.75, 3.05) is 19.6 Å². The monoisotopic (exact) mass is 280 g/mol. The van der Waals surface area contributed by atoms with Crippen molar-refractivity contribution in [3.8, 4) is 0 Å². The van der Waals surface area contributed by atoms with Crippen LogP contribution in [0.15, 0.2) is 24.3 Å². The van der Waals surface area contributed by atoms with Gasteiger partial charge in [0, 0.05) is 23.7 Å². The van der Waals surface area contributed by atoms with Crippen LogP contribution in [-0.4, -0.2) is 30.1 Å². The summed E-state index contributed by atoms with van der Waals surface area (Å²) in [6.45, 7) is 11.1. The van der Waals surface area contributed by atoms with Gasteiger partial charge in [0.15, 0.2) is 0 Å². The number of benzene rings is 1. The van der Waals surface area contributed by atoms with Crippen molar-refractivity contribution in [3.05, 3.63) is 34.9 Å². The van der Waals surface area contributed by atoms with Crippen LogP contribution >= 0.6 is 11.6 Å². The van der Waals surface area contributed by atoms with E-state index >= 15 is 0 Å². The highest BCUT2D eigenvalue weighted by molar-refractivity contribution is 6.31. The van der Waals surface area contributed by atoms with Crippen molar-refractivity contribution in [1.29, 1.82) is 0 Å². The van der Waals surface area contributed by atoms with E-state index in [0.717, 1.165) is 24.0 Å². The lowest BCUT2D eigenvalue weighted by molar-refractivity contribution is 0.305. The summed E-state index contributed by atoms with van der Waals surface area (Å²) < 4.78 is 0. The highest BCUT2D eigenvalue weighted by Gasteiger charge is 2.24. The fraction of sp³-hybridized carbons (Fsp3) is 0.625. The molecule has 1 unspecified atom stereocenters. The molecular formula is C16H25ClN2. The average molecular weight is 281 g/mol. The van der Waals surface area contributed by atoms with Crippen molar-refractivity contribution in [2.45, 2.75) is 39.3 Å². The summed E-state index contributed by atoms with van der Waals surface area (Å²) in [5.41, 5.74) is 1.46. The molecule has 1 N–H and O–H groups in total. The van der Waals surface area contributed by atoms with Gasteiger partial charge in [0.1, 0.15) is 0 Å². The third kappa shape index (κ3) is 4.79. The van der Waals surface area contributed by atoms with Crippen LogP contribution in [0.2, 0.25) is 5.02 Å². The molecule has 0 amide bonds. The Morgan fingerprint density at radius 1 is 1.32 bits per heavy atom. The van der Waals surface area contributed by atoms with Crippen LogP contribution in [0.25, 0.3) is 0 Å². The summed E-state index contributed by atoms with van der Waals surface area (Å²) in [5.74, 6) is 0.765. The topological polar surface area (TPSA) is 15.3 Å². The molecule has 1 heterocycles. The molecule has 0 spiro atoms. The van der Waals surface area contributed by atoms with E-state index in [4.69, 9.17) is 11.6 Å². The van der Waals surface area contributed by atoms with E-state index in [9.17, 15) is 0 Å². The van der Waals surface area contributed by atoms with Gasteiger partial charge in [0.25, 0.3) is 0 Å². The third-order valence-electron chi connectivity index (χ3n) is 3.64. The van der Waals surface area contributed by atoms with Crippen LogP contribution in [0.3, 0.4) is 0 Å². The standard InChI is InChI=1S/C16H25ClN2/c1-16(2,3)18-10-13-8-9-19(11-13)12-14-6-4-5-7-15(14)17/h4-7,13,18H,8-12H2,1-3H3. The summed E-state index contributed by atoms with van der Waals surface area (Å²) in [6, 6.07) is 8.16. The summed E-state index contributed by atoms with van der Waals surface area (Å²) in [5, 5.41) is 4.49. The maximum absolute atomic E-state index is 6.22. The molecule has 2 rings (SSSR count). The van der Waals surface area contributed by atoms with Gasteiger partial charge in [-0.1, -0.05) is 29.8 Å². The molecule has 1 fully saturated rings. The smallest absolute Gasteiger partial charge is 0.0451 e. The Kier molecular flexibility index (Phi) is 4.88. The lowest BCUT2D eigenvalue weighted by Gasteiger charge is -2.23. The molecular weight excluding hydrogens is 256 g/mol. The minimum atomic E-state index is 0.218. The van der Waals surface area contributed by atoms with E-state index in [1.54, 1.807) is 0 Å². The first-order valence-electron chi connectivity index (χ1n) is 7.15. The van der Waals surface area contributed by atoms with Gasteiger partial charge in [-0.3, -0.25) is 4.90 Å². The highest BCUT2D eigenvalue weighted by Crippen LogP contribution is 2.22. The molecule has 1 aromatic rings. The van der Waals surface area contributed by atoms with Crippen LogP contribution < -0.4 is 5.32 Å². The fourth-order valence-electron chi connectivity index (χ4n) is 2.54. The molecule has 0 saturated carbocycles. The zero-order valence-corrected chi connectivity index (χ0v) is 13.0. The lowest BCUT2D eigenvalue weighted by atomic mass is 10.1. The van der Waals surface area contributed by atoms with E-state index in [1.165, 1.54) is 25.1 Å². The number of halogens is 1. The molecule has 0 bridgehead atoms. The molecule has 19 heavy (non-hydrogen) atoms. The third-order valence-corrected chi connectivity index (χ3v) is 4.01. The Labute approximate surface area is 122 Å². The van der Waals surface area contributed by atoms with E-state index in [0.29, 0.717) is 0 Å². The first kappa shape index (κ1) is 14.8. The largest absolute Gasteiger partial charge is 0.312 e. The van der Waals surface area contributed by atoms with Gasteiger partial charge in [-0.25, -0.2) is 0 Å². The van der Waals surface area contributed by atoms with Gasteiger partial charge in [-0.2, -0.15) is 0 Å². The van der Waals surface area contributed by atoms with Gasteiger partial charge in [0.2, 0.25) is 0 Å². The van der Waals surface area contributed by atoms with Crippen LogP contribution in [0.1, 0.15) is 32.8 Å². The van der Waals surface area contributed by atoms with E-state index in [-0.39, 0.29) is 5.54 Å². The summed E-state index contributed by atoms with van der Waals surface area (Å²) in [6.07, 6.45) is 1.29. The average Bonchev–Trinajstić information content (AvgIpc) is 2.77. The number of likely N-dealkylation sites (tertiary alicyclic amines) is 1. The minimum absolute atomic E-state index is 0.218. The van der Waals surface area contributed by atoms with Crippen LogP contribution in [0.5, 0.6) is 0 Å². The molecule has 3 heteroatoms. The van der Waals surface area contributed by atoms with Crippen molar-refractivity contribution < 1.29 is 0 Å². The Hall–Kier alpha value is -0.570. The predicted octanol–water partition coefficient (Wildman–Crippen LogP) is 3.55. The Bertz CT molecular complexity index is 411. The number of nitrogens with one attached hydrogen (secondary N) is 1. The van der Waals surface area contributed by atoms with E-state index < -0.39 is 0 Å². The molecule has 2 nitrogen and oxygen atoms in total. The van der Waals surface area contributed by atoms with Crippen molar-refractivity contribution in [1.82, 2.24) is 10.2 Å². The van der Waals surface area contributed by atoms with Gasteiger partial charge >= 0.3 is 0 Å². The molecule has 1 saturated heterocycles. The second-order valence-electron chi connectivity index (χ2n) is 6.61. The van der Waals surface area contributed by atoms with Crippen molar-refractivity contribution in [2.24, 2.45) is 5.92 Å². The summed E-state index contributed by atoms with van der Waals surface area (Å²) in [4.78, 5) is 2.51. The van der Waals surface area contributed by atoms with E-state index in [1.807, 2.05) is 12.1 Å². The highest BCUT2D eigenvalue weighted by atomic mass is 35.5.